The van der Waals surface area contributed by atoms with E-state index >= 15 is 0 Å². The number of likely N-dealkylation sites (tertiary alicyclic amines) is 1. The van der Waals surface area contributed by atoms with Crippen LogP contribution in [0.25, 0.3) is 10.2 Å². The number of aromatic nitrogens is 1. The van der Waals surface area contributed by atoms with E-state index in [1.165, 1.54) is 4.70 Å². The van der Waals surface area contributed by atoms with Gasteiger partial charge < -0.3 is 4.90 Å². The lowest BCUT2D eigenvalue weighted by Crippen LogP contribution is -2.36. The van der Waals surface area contributed by atoms with Gasteiger partial charge in [0.2, 0.25) is 5.91 Å². The fourth-order valence-corrected chi connectivity index (χ4v) is 4.69. The summed E-state index contributed by atoms with van der Waals surface area (Å²) in [6.45, 7) is 0.889. The van der Waals surface area contributed by atoms with Crippen molar-refractivity contribution in [3.8, 4) is 0 Å². The largest absolute Gasteiger partial charge is 0.333 e. The van der Waals surface area contributed by atoms with Crippen LogP contribution >= 0.6 is 11.3 Å². The van der Waals surface area contributed by atoms with Gasteiger partial charge in [0.25, 0.3) is 0 Å². The number of allylic oxidation sites excluding steroid dienone is 2. The van der Waals surface area contributed by atoms with Gasteiger partial charge in [-0.25, -0.2) is 4.98 Å². The molecule has 4 heteroatoms. The highest BCUT2D eigenvalue weighted by Crippen LogP contribution is 2.38. The molecule has 114 valence electrons. The summed E-state index contributed by atoms with van der Waals surface area (Å²) in [5, 5.41) is 1.11. The molecule has 2 atom stereocenters. The van der Waals surface area contributed by atoms with Crippen LogP contribution in [0.1, 0.15) is 43.2 Å². The third-order valence-electron chi connectivity index (χ3n) is 4.75. The summed E-state index contributed by atoms with van der Waals surface area (Å²) in [5.74, 6) is 0.520. The monoisotopic (exact) mass is 312 g/mol. The summed E-state index contributed by atoms with van der Waals surface area (Å²) >= 11 is 1.74. The van der Waals surface area contributed by atoms with Crippen molar-refractivity contribution in [3.05, 3.63) is 41.4 Å². The molecule has 1 amide bonds. The Kier molecular flexibility index (Phi) is 3.70. The number of benzene rings is 1. The van der Waals surface area contributed by atoms with Crippen LogP contribution in [0.4, 0.5) is 0 Å². The SMILES string of the molecule is O=C(C1CC=CCC1)N1CCCC1c1nc2ccccc2s1. The van der Waals surface area contributed by atoms with Crippen molar-refractivity contribution in [2.24, 2.45) is 5.92 Å². The van der Waals surface area contributed by atoms with E-state index in [2.05, 4.69) is 35.3 Å². The fourth-order valence-electron chi connectivity index (χ4n) is 3.57. The minimum atomic E-state index is 0.181. The number of amides is 1. The van der Waals surface area contributed by atoms with Crippen LogP contribution in [0, 0.1) is 5.92 Å². The van der Waals surface area contributed by atoms with E-state index in [0.29, 0.717) is 5.91 Å². The first-order valence-electron chi connectivity index (χ1n) is 8.14. The standard InChI is InChI=1S/C18H20N2OS/c21-18(13-7-2-1-3-8-13)20-12-6-10-15(20)17-19-14-9-4-5-11-16(14)22-17/h1-2,4-5,9,11,13,15H,3,6-8,10,12H2. The number of fused-ring (bicyclic) bond motifs is 1. The Bertz CT molecular complexity index is 688. The summed E-state index contributed by atoms with van der Waals surface area (Å²) in [6, 6.07) is 8.44. The van der Waals surface area contributed by atoms with Gasteiger partial charge in [-0.15, -0.1) is 11.3 Å². The van der Waals surface area contributed by atoms with Crippen LogP contribution in [-0.2, 0) is 4.79 Å². The molecule has 22 heavy (non-hydrogen) atoms. The van der Waals surface area contributed by atoms with Gasteiger partial charge in [-0.3, -0.25) is 4.79 Å². The maximum atomic E-state index is 12.9. The molecule has 0 radical (unpaired) electrons. The molecule has 2 aromatic rings. The first-order chi connectivity index (χ1) is 10.8. The van der Waals surface area contributed by atoms with Gasteiger partial charge in [0.1, 0.15) is 5.01 Å². The quantitative estimate of drug-likeness (QED) is 0.774. The van der Waals surface area contributed by atoms with Crippen LogP contribution in [0.2, 0.25) is 0 Å². The molecule has 1 fully saturated rings. The van der Waals surface area contributed by atoms with E-state index in [1.807, 2.05) is 6.07 Å². The van der Waals surface area contributed by atoms with Crippen molar-refractivity contribution in [1.82, 2.24) is 9.88 Å². The highest BCUT2D eigenvalue weighted by molar-refractivity contribution is 7.18. The molecule has 4 rings (SSSR count). The Morgan fingerprint density at radius 2 is 2.14 bits per heavy atom. The van der Waals surface area contributed by atoms with E-state index in [1.54, 1.807) is 11.3 Å². The normalized spacial score (nSPS) is 25.0. The van der Waals surface area contributed by atoms with Gasteiger partial charge in [0, 0.05) is 12.5 Å². The Hall–Kier alpha value is -1.68. The van der Waals surface area contributed by atoms with E-state index in [0.717, 1.165) is 49.2 Å². The lowest BCUT2D eigenvalue weighted by atomic mass is 9.93. The van der Waals surface area contributed by atoms with Gasteiger partial charge in [0.15, 0.2) is 0 Å². The molecule has 3 nitrogen and oxygen atoms in total. The van der Waals surface area contributed by atoms with Gasteiger partial charge in [-0.1, -0.05) is 24.3 Å². The Morgan fingerprint density at radius 3 is 2.95 bits per heavy atom. The molecular formula is C18H20N2OS. The van der Waals surface area contributed by atoms with Gasteiger partial charge in [-0.2, -0.15) is 0 Å². The summed E-state index contributed by atoms with van der Waals surface area (Å²) < 4.78 is 1.22. The maximum Gasteiger partial charge on any atom is 0.226 e. The summed E-state index contributed by atoms with van der Waals surface area (Å²) in [5.41, 5.74) is 1.06. The Labute approximate surface area is 134 Å². The molecule has 1 aliphatic heterocycles. The van der Waals surface area contributed by atoms with Crippen molar-refractivity contribution in [3.63, 3.8) is 0 Å². The van der Waals surface area contributed by atoms with E-state index < -0.39 is 0 Å². The summed E-state index contributed by atoms with van der Waals surface area (Å²) in [6.07, 6.45) is 9.44. The highest BCUT2D eigenvalue weighted by Gasteiger charge is 2.35. The molecule has 2 heterocycles. The minimum Gasteiger partial charge on any atom is -0.333 e. The molecule has 0 N–H and O–H groups in total. The molecule has 2 unspecified atom stereocenters. The maximum absolute atomic E-state index is 12.9. The topological polar surface area (TPSA) is 33.2 Å². The Morgan fingerprint density at radius 1 is 1.23 bits per heavy atom. The smallest absolute Gasteiger partial charge is 0.226 e. The third-order valence-corrected chi connectivity index (χ3v) is 5.89. The van der Waals surface area contributed by atoms with Crippen LogP contribution in [0.15, 0.2) is 36.4 Å². The first kappa shape index (κ1) is 13.9. The van der Waals surface area contributed by atoms with Crippen molar-refractivity contribution in [2.75, 3.05) is 6.54 Å². The molecule has 1 saturated heterocycles. The van der Waals surface area contributed by atoms with Crippen LogP contribution in [0.3, 0.4) is 0 Å². The van der Waals surface area contributed by atoms with Crippen LogP contribution < -0.4 is 0 Å². The molecule has 0 bridgehead atoms. The first-order valence-corrected chi connectivity index (χ1v) is 8.95. The zero-order chi connectivity index (χ0) is 14.9. The second-order valence-electron chi connectivity index (χ2n) is 6.19. The molecule has 1 aromatic heterocycles. The van der Waals surface area contributed by atoms with E-state index in [4.69, 9.17) is 4.98 Å². The second-order valence-corrected chi connectivity index (χ2v) is 7.25. The van der Waals surface area contributed by atoms with E-state index in [-0.39, 0.29) is 12.0 Å². The zero-order valence-electron chi connectivity index (χ0n) is 12.6. The molecule has 2 aliphatic rings. The lowest BCUT2D eigenvalue weighted by Gasteiger charge is -2.28. The molecule has 1 aromatic carbocycles. The third kappa shape index (κ3) is 2.45. The van der Waals surface area contributed by atoms with Crippen LogP contribution in [0.5, 0.6) is 0 Å². The fraction of sp³-hybridized carbons (Fsp3) is 0.444. The predicted octanol–water partition coefficient (Wildman–Crippen LogP) is 4.32. The molecule has 0 spiro atoms. The van der Waals surface area contributed by atoms with E-state index in [9.17, 15) is 4.79 Å². The molecular weight excluding hydrogens is 292 g/mol. The summed E-state index contributed by atoms with van der Waals surface area (Å²) in [7, 11) is 0. The van der Waals surface area contributed by atoms with Crippen molar-refractivity contribution < 1.29 is 4.79 Å². The number of rotatable bonds is 2. The number of carbonyl (C=O) groups is 1. The number of para-hydroxylation sites is 1. The van der Waals surface area contributed by atoms with Gasteiger partial charge in [-0.05, 0) is 44.2 Å². The zero-order valence-corrected chi connectivity index (χ0v) is 13.4. The number of nitrogens with zero attached hydrogens (tertiary/aromatic N) is 2. The predicted molar refractivity (Wildman–Crippen MR) is 89.8 cm³/mol. The second kappa shape index (κ2) is 5.84. The minimum absolute atomic E-state index is 0.181. The van der Waals surface area contributed by atoms with Crippen molar-refractivity contribution in [2.45, 2.75) is 38.1 Å². The summed E-state index contributed by atoms with van der Waals surface area (Å²) in [4.78, 5) is 19.8. The molecule has 1 aliphatic carbocycles. The number of thiazole rings is 1. The Balaban J connectivity index is 1.60. The average molecular weight is 312 g/mol. The number of hydrogen-bond acceptors (Lipinski definition) is 3. The highest BCUT2D eigenvalue weighted by atomic mass is 32.1. The molecule has 0 saturated carbocycles. The lowest BCUT2D eigenvalue weighted by molar-refractivity contribution is -0.136. The van der Waals surface area contributed by atoms with Gasteiger partial charge in [0.05, 0.1) is 16.3 Å². The van der Waals surface area contributed by atoms with Gasteiger partial charge >= 0.3 is 0 Å². The van der Waals surface area contributed by atoms with Crippen molar-refractivity contribution in [1.29, 1.82) is 0 Å². The number of hydrogen-bond donors (Lipinski definition) is 0. The average Bonchev–Trinajstić information content (AvgIpc) is 3.21. The van der Waals surface area contributed by atoms with Crippen molar-refractivity contribution >= 4 is 27.5 Å². The number of carbonyl (C=O) groups excluding carboxylic acids is 1. The van der Waals surface area contributed by atoms with Crippen LogP contribution in [-0.4, -0.2) is 22.3 Å².